The Labute approximate surface area is 122 Å². The Hall–Kier alpha value is -2.11. The average Bonchev–Trinajstić information content (AvgIpc) is 3.34. The largest absolute Gasteiger partial charge is 0.339 e. The molecule has 5 nitrogen and oxygen atoms in total. The predicted octanol–water partition coefficient (Wildman–Crippen LogP) is 1.91. The van der Waals surface area contributed by atoms with Gasteiger partial charge >= 0.3 is 6.03 Å². The maximum atomic E-state index is 12.8. The SMILES string of the molecule is O=C(Nc1ccc(F)cc1)N1CCN(C(=O)C2CC2)CC1. The summed E-state index contributed by atoms with van der Waals surface area (Å²) in [5, 5.41) is 2.73. The van der Waals surface area contributed by atoms with E-state index in [9.17, 15) is 14.0 Å². The van der Waals surface area contributed by atoms with Crippen LogP contribution < -0.4 is 5.32 Å². The molecule has 1 N–H and O–H groups in total. The van der Waals surface area contributed by atoms with Crippen molar-refractivity contribution in [2.45, 2.75) is 12.8 Å². The molecule has 1 heterocycles. The van der Waals surface area contributed by atoms with Crippen LogP contribution in [0.3, 0.4) is 0 Å². The molecule has 0 aromatic heterocycles. The summed E-state index contributed by atoms with van der Waals surface area (Å²) >= 11 is 0. The maximum Gasteiger partial charge on any atom is 0.321 e. The molecule has 2 aliphatic rings. The Kier molecular flexibility index (Phi) is 3.77. The van der Waals surface area contributed by atoms with Crippen LogP contribution in [0.1, 0.15) is 12.8 Å². The number of hydrogen-bond acceptors (Lipinski definition) is 2. The lowest BCUT2D eigenvalue weighted by molar-refractivity contribution is -0.133. The van der Waals surface area contributed by atoms with Gasteiger partial charge in [-0.05, 0) is 37.1 Å². The average molecular weight is 291 g/mol. The summed E-state index contributed by atoms with van der Waals surface area (Å²) in [7, 11) is 0. The van der Waals surface area contributed by atoms with Gasteiger partial charge in [0.05, 0.1) is 0 Å². The number of amides is 3. The Morgan fingerprint density at radius 1 is 1.00 bits per heavy atom. The third-order valence-electron chi connectivity index (χ3n) is 3.90. The number of nitrogens with one attached hydrogen (secondary N) is 1. The van der Waals surface area contributed by atoms with Gasteiger partial charge in [-0.1, -0.05) is 0 Å². The molecule has 3 rings (SSSR count). The van der Waals surface area contributed by atoms with Crippen molar-refractivity contribution >= 4 is 17.6 Å². The lowest BCUT2D eigenvalue weighted by atomic mass is 10.2. The molecule has 0 unspecified atom stereocenters. The monoisotopic (exact) mass is 291 g/mol. The van der Waals surface area contributed by atoms with Crippen LogP contribution in [0, 0.1) is 11.7 Å². The number of anilines is 1. The zero-order valence-electron chi connectivity index (χ0n) is 11.7. The molecule has 1 aliphatic carbocycles. The highest BCUT2D eigenvalue weighted by Gasteiger charge is 2.35. The number of carbonyl (C=O) groups excluding carboxylic acids is 2. The van der Waals surface area contributed by atoms with Crippen LogP contribution in [0.2, 0.25) is 0 Å². The zero-order chi connectivity index (χ0) is 14.8. The first kappa shape index (κ1) is 13.9. The van der Waals surface area contributed by atoms with Crippen LogP contribution >= 0.6 is 0 Å². The minimum atomic E-state index is -0.333. The molecule has 21 heavy (non-hydrogen) atoms. The molecule has 0 bridgehead atoms. The Bertz CT molecular complexity index is 534. The van der Waals surface area contributed by atoms with Gasteiger partial charge in [-0.2, -0.15) is 0 Å². The van der Waals surface area contributed by atoms with E-state index >= 15 is 0 Å². The van der Waals surface area contributed by atoms with Crippen molar-refractivity contribution in [1.82, 2.24) is 9.80 Å². The van der Waals surface area contributed by atoms with E-state index in [1.807, 2.05) is 4.90 Å². The van der Waals surface area contributed by atoms with Crippen molar-refractivity contribution in [3.05, 3.63) is 30.1 Å². The van der Waals surface area contributed by atoms with Gasteiger partial charge in [-0.15, -0.1) is 0 Å². The number of carbonyl (C=O) groups is 2. The van der Waals surface area contributed by atoms with Gasteiger partial charge in [0, 0.05) is 37.8 Å². The van der Waals surface area contributed by atoms with E-state index in [2.05, 4.69) is 5.32 Å². The van der Waals surface area contributed by atoms with Crippen molar-refractivity contribution in [2.75, 3.05) is 31.5 Å². The fourth-order valence-corrected chi connectivity index (χ4v) is 2.45. The van der Waals surface area contributed by atoms with E-state index < -0.39 is 0 Å². The number of urea groups is 1. The predicted molar refractivity (Wildman–Crippen MR) is 76.3 cm³/mol. The number of nitrogens with zero attached hydrogens (tertiary/aromatic N) is 2. The molecule has 3 amide bonds. The van der Waals surface area contributed by atoms with Crippen molar-refractivity contribution < 1.29 is 14.0 Å². The molecule has 1 aromatic rings. The van der Waals surface area contributed by atoms with Gasteiger partial charge in [-0.25, -0.2) is 9.18 Å². The summed E-state index contributed by atoms with van der Waals surface area (Å²) in [4.78, 5) is 27.6. The van der Waals surface area contributed by atoms with Gasteiger partial charge in [0.15, 0.2) is 0 Å². The summed E-state index contributed by atoms with van der Waals surface area (Å²) in [6.07, 6.45) is 2.01. The van der Waals surface area contributed by atoms with Crippen LogP contribution in [-0.2, 0) is 4.79 Å². The molecule has 1 saturated heterocycles. The second-order valence-electron chi connectivity index (χ2n) is 5.52. The molecule has 1 aromatic carbocycles. The van der Waals surface area contributed by atoms with Gasteiger partial charge in [0.25, 0.3) is 0 Å². The Morgan fingerprint density at radius 3 is 2.14 bits per heavy atom. The van der Waals surface area contributed by atoms with E-state index in [0.717, 1.165) is 12.8 Å². The zero-order valence-corrected chi connectivity index (χ0v) is 11.7. The molecular formula is C15H18FN3O2. The van der Waals surface area contributed by atoms with Gasteiger partial charge in [-0.3, -0.25) is 4.79 Å². The molecule has 0 atom stereocenters. The lowest BCUT2D eigenvalue weighted by Crippen LogP contribution is -2.52. The van der Waals surface area contributed by atoms with E-state index in [4.69, 9.17) is 0 Å². The second-order valence-corrected chi connectivity index (χ2v) is 5.52. The fourth-order valence-electron chi connectivity index (χ4n) is 2.45. The van der Waals surface area contributed by atoms with Gasteiger partial charge < -0.3 is 15.1 Å². The second kappa shape index (κ2) is 5.71. The number of benzene rings is 1. The molecular weight excluding hydrogens is 273 g/mol. The summed E-state index contributed by atoms with van der Waals surface area (Å²) in [6, 6.07) is 5.46. The van der Waals surface area contributed by atoms with E-state index in [0.29, 0.717) is 31.9 Å². The first-order valence-corrected chi connectivity index (χ1v) is 7.24. The van der Waals surface area contributed by atoms with Crippen LogP contribution in [0.25, 0.3) is 0 Å². The quantitative estimate of drug-likeness (QED) is 0.905. The van der Waals surface area contributed by atoms with Crippen LogP contribution in [0.4, 0.5) is 14.9 Å². The van der Waals surface area contributed by atoms with Crippen molar-refractivity contribution in [2.24, 2.45) is 5.92 Å². The number of hydrogen-bond donors (Lipinski definition) is 1. The fraction of sp³-hybridized carbons (Fsp3) is 0.467. The Balaban J connectivity index is 1.50. The topological polar surface area (TPSA) is 52.7 Å². The number of halogens is 1. The van der Waals surface area contributed by atoms with E-state index in [1.54, 1.807) is 4.90 Å². The van der Waals surface area contributed by atoms with Gasteiger partial charge in [0.1, 0.15) is 5.82 Å². The van der Waals surface area contributed by atoms with Crippen LogP contribution in [0.15, 0.2) is 24.3 Å². The highest BCUT2D eigenvalue weighted by Crippen LogP contribution is 2.31. The highest BCUT2D eigenvalue weighted by molar-refractivity contribution is 5.89. The molecule has 2 fully saturated rings. The summed E-state index contributed by atoms with van der Waals surface area (Å²) in [5.41, 5.74) is 0.567. The molecule has 6 heteroatoms. The van der Waals surface area contributed by atoms with Crippen molar-refractivity contribution in [1.29, 1.82) is 0 Å². The first-order chi connectivity index (χ1) is 10.1. The third-order valence-corrected chi connectivity index (χ3v) is 3.90. The summed E-state index contributed by atoms with van der Waals surface area (Å²) < 4.78 is 12.8. The van der Waals surface area contributed by atoms with Gasteiger partial charge in [0.2, 0.25) is 5.91 Å². The minimum Gasteiger partial charge on any atom is -0.339 e. The lowest BCUT2D eigenvalue weighted by Gasteiger charge is -2.34. The van der Waals surface area contributed by atoms with Crippen LogP contribution in [0.5, 0.6) is 0 Å². The number of piperazine rings is 1. The van der Waals surface area contributed by atoms with Crippen LogP contribution in [-0.4, -0.2) is 47.9 Å². The minimum absolute atomic E-state index is 0.208. The third kappa shape index (κ3) is 3.32. The standard InChI is InChI=1S/C15H18FN3O2/c16-12-3-5-13(6-4-12)17-15(21)19-9-7-18(8-10-19)14(20)11-1-2-11/h3-6,11H,1-2,7-10H2,(H,17,21). The molecule has 0 spiro atoms. The number of rotatable bonds is 2. The van der Waals surface area contributed by atoms with E-state index in [-0.39, 0.29) is 23.7 Å². The molecule has 0 radical (unpaired) electrons. The Morgan fingerprint density at radius 2 is 1.57 bits per heavy atom. The summed E-state index contributed by atoms with van der Waals surface area (Å²) in [6.45, 7) is 2.25. The molecule has 112 valence electrons. The molecule has 1 saturated carbocycles. The summed E-state index contributed by atoms with van der Waals surface area (Å²) in [5.74, 6) is 0.124. The molecule has 1 aliphatic heterocycles. The maximum absolute atomic E-state index is 12.8. The first-order valence-electron chi connectivity index (χ1n) is 7.24. The highest BCUT2D eigenvalue weighted by atomic mass is 19.1. The van der Waals surface area contributed by atoms with E-state index in [1.165, 1.54) is 24.3 Å². The smallest absolute Gasteiger partial charge is 0.321 e. The normalized spacial score (nSPS) is 18.5. The van der Waals surface area contributed by atoms with Crippen molar-refractivity contribution in [3.63, 3.8) is 0 Å². The van der Waals surface area contributed by atoms with Crippen molar-refractivity contribution in [3.8, 4) is 0 Å².